The fourth-order valence-electron chi connectivity index (χ4n) is 2.45. The third kappa shape index (κ3) is 2.13. The minimum atomic E-state index is 0.0126. The molecule has 0 amide bonds. The number of rotatable bonds is 3. The molecule has 10 nitrogen and oxygen atoms in total. The summed E-state index contributed by atoms with van der Waals surface area (Å²) in [6, 6.07) is 11.1. The Kier molecular flexibility index (Phi) is 2.95. The van der Waals surface area contributed by atoms with Crippen molar-refractivity contribution in [2.24, 2.45) is 0 Å². The summed E-state index contributed by atoms with van der Waals surface area (Å²) in [6.45, 7) is 0. The monoisotopic (exact) mass is 323 g/mol. The third-order valence-corrected chi connectivity index (χ3v) is 3.53. The molecular formula is C14H13N9O. The first-order valence-electron chi connectivity index (χ1n) is 7.00. The lowest BCUT2D eigenvalue weighted by atomic mass is 10.1. The van der Waals surface area contributed by atoms with Crippen molar-refractivity contribution >= 4 is 40.1 Å². The summed E-state index contributed by atoms with van der Waals surface area (Å²) in [5, 5.41) is 19.8. The van der Waals surface area contributed by atoms with Crippen LogP contribution in [0.25, 0.3) is 16.6 Å². The topological polar surface area (TPSA) is 152 Å². The Morgan fingerprint density at radius 3 is 2.67 bits per heavy atom. The first-order valence-corrected chi connectivity index (χ1v) is 7.00. The molecule has 0 fully saturated rings. The number of fused-ring (bicyclic) bond motifs is 2. The summed E-state index contributed by atoms with van der Waals surface area (Å²) in [4.78, 5) is 7.81. The van der Waals surface area contributed by atoms with Crippen LogP contribution in [0.15, 0.2) is 36.4 Å². The van der Waals surface area contributed by atoms with E-state index in [2.05, 4.69) is 31.0 Å². The number of benzene rings is 2. The molecule has 2 aromatic heterocycles. The molecular weight excluding hydrogens is 310 g/mol. The van der Waals surface area contributed by atoms with Crippen molar-refractivity contribution in [2.75, 3.05) is 22.3 Å². The highest BCUT2D eigenvalue weighted by molar-refractivity contribution is 5.97. The Balaban J connectivity index is 1.73. The molecule has 0 unspecified atom stereocenters. The number of hydrogen-bond acceptors (Lipinski definition) is 9. The zero-order valence-electron chi connectivity index (χ0n) is 12.3. The molecule has 0 bridgehead atoms. The van der Waals surface area contributed by atoms with E-state index in [0.717, 1.165) is 10.8 Å². The second-order valence-electron chi connectivity index (χ2n) is 5.03. The summed E-state index contributed by atoms with van der Waals surface area (Å²) >= 11 is 0. The molecule has 0 aliphatic carbocycles. The smallest absolute Gasteiger partial charge is 0.262 e. The lowest BCUT2D eigenvalue weighted by molar-refractivity contribution is 0.478. The molecule has 0 radical (unpaired) electrons. The molecule has 10 heteroatoms. The summed E-state index contributed by atoms with van der Waals surface area (Å²) in [5.41, 5.74) is 17.6. The Morgan fingerprint density at radius 1 is 0.958 bits per heavy atom. The normalized spacial score (nSPS) is 11.0. The van der Waals surface area contributed by atoms with Gasteiger partial charge in [0.15, 0.2) is 0 Å². The van der Waals surface area contributed by atoms with E-state index in [-0.39, 0.29) is 29.4 Å². The first kappa shape index (κ1) is 13.8. The number of anilines is 4. The van der Waals surface area contributed by atoms with Crippen LogP contribution < -0.4 is 22.3 Å². The Hall–Kier alpha value is -3.82. The first-order chi connectivity index (χ1) is 11.6. The van der Waals surface area contributed by atoms with Crippen LogP contribution in [0, 0.1) is 0 Å². The zero-order chi connectivity index (χ0) is 16.7. The predicted octanol–water partition coefficient (Wildman–Crippen LogP) is 0.981. The summed E-state index contributed by atoms with van der Waals surface area (Å²) in [5.74, 6) is 0.664. The number of phenols is 1. The minimum absolute atomic E-state index is 0.0126. The molecule has 0 atom stereocenters. The van der Waals surface area contributed by atoms with Gasteiger partial charge >= 0.3 is 0 Å². The molecule has 0 saturated carbocycles. The molecule has 4 aromatic rings. The van der Waals surface area contributed by atoms with Gasteiger partial charge in [0.25, 0.3) is 11.7 Å². The second-order valence-corrected chi connectivity index (χ2v) is 5.03. The van der Waals surface area contributed by atoms with E-state index >= 15 is 0 Å². The van der Waals surface area contributed by atoms with E-state index in [4.69, 9.17) is 11.5 Å². The number of hydrogen-bond donors (Lipinski definition) is 5. The number of nitrogens with zero attached hydrogens (tertiary/aromatic N) is 5. The minimum Gasteiger partial charge on any atom is -0.506 e. The molecule has 0 aliphatic heterocycles. The molecule has 7 N–H and O–H groups in total. The molecule has 120 valence electrons. The molecule has 2 heterocycles. The number of nitrogens with two attached hydrogens (primary N) is 2. The SMILES string of the molecule is Nc1nc(N)n2c(NNc3c(O)ccc4ccccc34)nnc2n1. The highest BCUT2D eigenvalue weighted by Gasteiger charge is 2.12. The van der Waals surface area contributed by atoms with Crippen LogP contribution in [0.4, 0.5) is 23.5 Å². The van der Waals surface area contributed by atoms with Gasteiger partial charge in [0.05, 0.1) is 0 Å². The van der Waals surface area contributed by atoms with Crippen molar-refractivity contribution in [3.63, 3.8) is 0 Å². The maximum Gasteiger partial charge on any atom is 0.262 e. The molecule has 0 saturated heterocycles. The average molecular weight is 323 g/mol. The number of aromatic hydroxyl groups is 1. The fraction of sp³-hybridized carbons (Fsp3) is 0. The Bertz CT molecular complexity index is 1060. The lowest BCUT2D eigenvalue weighted by Gasteiger charge is -2.12. The standard InChI is InChI=1S/C14H13N9O/c15-11-17-12(16)23-13(18-11)20-22-14(23)21-19-10-8-4-2-1-3-7(8)5-6-9(10)24/h1-6,19,24H,(H,21,22)(H4,15,16,17,18,20). The Morgan fingerprint density at radius 2 is 1.79 bits per heavy atom. The van der Waals surface area contributed by atoms with Crippen LogP contribution in [0.2, 0.25) is 0 Å². The van der Waals surface area contributed by atoms with Crippen LogP contribution in [-0.4, -0.2) is 29.7 Å². The van der Waals surface area contributed by atoms with E-state index in [1.165, 1.54) is 4.40 Å². The van der Waals surface area contributed by atoms with Crippen LogP contribution in [0.5, 0.6) is 5.75 Å². The van der Waals surface area contributed by atoms with Crippen molar-refractivity contribution < 1.29 is 5.11 Å². The van der Waals surface area contributed by atoms with Gasteiger partial charge in [-0.05, 0) is 11.5 Å². The largest absolute Gasteiger partial charge is 0.506 e. The highest BCUT2D eigenvalue weighted by Crippen LogP contribution is 2.32. The maximum atomic E-state index is 10.1. The van der Waals surface area contributed by atoms with Crippen molar-refractivity contribution in [3.8, 4) is 5.75 Å². The number of hydrazine groups is 1. The molecule has 0 spiro atoms. The number of phenolic OH excluding ortho intramolecular Hbond substituents is 1. The Labute approximate surface area is 135 Å². The predicted molar refractivity (Wildman–Crippen MR) is 90.3 cm³/mol. The quantitative estimate of drug-likeness (QED) is 0.274. The van der Waals surface area contributed by atoms with Gasteiger partial charge in [-0.1, -0.05) is 30.3 Å². The fourth-order valence-corrected chi connectivity index (χ4v) is 2.45. The molecule has 4 rings (SSSR count). The van der Waals surface area contributed by atoms with Crippen LogP contribution in [-0.2, 0) is 0 Å². The van der Waals surface area contributed by atoms with E-state index in [1.54, 1.807) is 6.07 Å². The van der Waals surface area contributed by atoms with Crippen LogP contribution >= 0.6 is 0 Å². The van der Waals surface area contributed by atoms with Crippen molar-refractivity contribution in [3.05, 3.63) is 36.4 Å². The van der Waals surface area contributed by atoms with Gasteiger partial charge in [-0.2, -0.15) is 9.97 Å². The van der Waals surface area contributed by atoms with Gasteiger partial charge in [-0.25, -0.2) is 4.40 Å². The zero-order valence-corrected chi connectivity index (χ0v) is 12.3. The van der Waals surface area contributed by atoms with Gasteiger partial charge in [-0.3, -0.25) is 10.9 Å². The molecule has 0 aliphatic rings. The van der Waals surface area contributed by atoms with Gasteiger partial charge < -0.3 is 16.6 Å². The molecule has 24 heavy (non-hydrogen) atoms. The van der Waals surface area contributed by atoms with Crippen molar-refractivity contribution in [1.29, 1.82) is 0 Å². The lowest BCUT2D eigenvalue weighted by Crippen LogP contribution is -2.14. The van der Waals surface area contributed by atoms with Gasteiger partial charge in [0.1, 0.15) is 11.4 Å². The van der Waals surface area contributed by atoms with E-state index < -0.39 is 0 Å². The number of nitrogens with one attached hydrogen (secondary N) is 2. The van der Waals surface area contributed by atoms with Gasteiger partial charge in [0, 0.05) is 5.39 Å². The van der Waals surface area contributed by atoms with Crippen molar-refractivity contribution in [2.45, 2.75) is 0 Å². The van der Waals surface area contributed by atoms with Crippen molar-refractivity contribution in [1.82, 2.24) is 24.6 Å². The third-order valence-electron chi connectivity index (χ3n) is 3.53. The summed E-state index contributed by atoms with van der Waals surface area (Å²) in [7, 11) is 0. The number of aromatic nitrogens is 5. The maximum absolute atomic E-state index is 10.1. The van der Waals surface area contributed by atoms with E-state index in [9.17, 15) is 5.11 Å². The molecule has 2 aromatic carbocycles. The van der Waals surface area contributed by atoms with Gasteiger partial charge in [0.2, 0.25) is 11.9 Å². The van der Waals surface area contributed by atoms with E-state index in [1.807, 2.05) is 30.3 Å². The van der Waals surface area contributed by atoms with Crippen LogP contribution in [0.1, 0.15) is 0 Å². The number of nitrogen functional groups attached to an aromatic ring is 2. The van der Waals surface area contributed by atoms with Gasteiger partial charge in [-0.15, -0.1) is 10.2 Å². The highest BCUT2D eigenvalue weighted by atomic mass is 16.3. The van der Waals surface area contributed by atoms with Crippen LogP contribution in [0.3, 0.4) is 0 Å². The average Bonchev–Trinajstić information content (AvgIpc) is 2.97. The summed E-state index contributed by atoms with van der Waals surface area (Å²) < 4.78 is 1.39. The second kappa shape index (κ2) is 5.12. The van der Waals surface area contributed by atoms with E-state index in [0.29, 0.717) is 5.69 Å². The summed E-state index contributed by atoms with van der Waals surface area (Å²) in [6.07, 6.45) is 0.